The molecule has 1 fully saturated rings. The van der Waals surface area contributed by atoms with Crippen LogP contribution in [0.15, 0.2) is 42.5 Å². The number of morpholine rings is 1. The molecule has 0 spiro atoms. The van der Waals surface area contributed by atoms with Crippen molar-refractivity contribution in [1.29, 1.82) is 0 Å². The number of anilines is 1. The second kappa shape index (κ2) is 10.5. The van der Waals surface area contributed by atoms with E-state index in [4.69, 9.17) is 16.3 Å². The number of hydrogen-bond donors (Lipinski definition) is 1. The number of aryl methyl sites for hydroxylation is 1. The lowest BCUT2D eigenvalue weighted by molar-refractivity contribution is -0.119. The summed E-state index contributed by atoms with van der Waals surface area (Å²) in [7, 11) is -3.65. The van der Waals surface area contributed by atoms with Gasteiger partial charge in [0, 0.05) is 31.2 Å². The average molecular weight is 466 g/mol. The first-order valence-corrected chi connectivity index (χ1v) is 12.3. The van der Waals surface area contributed by atoms with E-state index in [0.29, 0.717) is 17.3 Å². The predicted molar refractivity (Wildman–Crippen MR) is 123 cm³/mol. The monoisotopic (exact) mass is 465 g/mol. The molecular formula is C22H28ClN3O4S. The molecule has 31 heavy (non-hydrogen) atoms. The molecule has 1 heterocycles. The largest absolute Gasteiger partial charge is 0.379 e. The summed E-state index contributed by atoms with van der Waals surface area (Å²) in [6, 6.07) is 13.0. The Morgan fingerprint density at radius 1 is 1.13 bits per heavy atom. The molecule has 2 aromatic carbocycles. The first-order chi connectivity index (χ1) is 14.7. The number of nitrogens with one attached hydrogen (secondary N) is 1. The van der Waals surface area contributed by atoms with Gasteiger partial charge in [-0.25, -0.2) is 8.42 Å². The second-order valence-electron chi connectivity index (χ2n) is 7.68. The Kier molecular flexibility index (Phi) is 7.94. The van der Waals surface area contributed by atoms with Gasteiger partial charge in [-0.15, -0.1) is 0 Å². The molecular weight excluding hydrogens is 438 g/mol. The number of halogens is 1. The molecule has 9 heteroatoms. The van der Waals surface area contributed by atoms with Crippen LogP contribution in [0.3, 0.4) is 0 Å². The lowest BCUT2D eigenvalue weighted by atomic mass is 10.1. The number of carbonyl (C=O) groups excluding carboxylic acids is 1. The van der Waals surface area contributed by atoms with E-state index in [1.807, 2.05) is 12.1 Å². The fourth-order valence-corrected chi connectivity index (χ4v) is 4.47. The molecule has 0 aromatic heterocycles. The topological polar surface area (TPSA) is 79.0 Å². The Morgan fingerprint density at radius 2 is 1.77 bits per heavy atom. The van der Waals surface area contributed by atoms with Crippen molar-refractivity contribution in [2.75, 3.05) is 43.4 Å². The molecule has 2 aromatic rings. The number of ether oxygens (including phenoxy) is 1. The van der Waals surface area contributed by atoms with Crippen molar-refractivity contribution in [3.8, 4) is 0 Å². The van der Waals surface area contributed by atoms with Crippen LogP contribution in [0.25, 0.3) is 0 Å². The number of sulfonamides is 1. The molecule has 0 atom stereocenters. The molecule has 0 unspecified atom stereocenters. The smallest absolute Gasteiger partial charge is 0.241 e. The quantitative estimate of drug-likeness (QED) is 0.648. The highest BCUT2D eigenvalue weighted by Crippen LogP contribution is 2.26. The van der Waals surface area contributed by atoms with E-state index >= 15 is 0 Å². The molecule has 1 saturated heterocycles. The van der Waals surface area contributed by atoms with Crippen LogP contribution in [0.1, 0.15) is 16.7 Å². The second-order valence-corrected chi connectivity index (χ2v) is 10.0. The molecule has 1 aliphatic heterocycles. The molecule has 1 amide bonds. The molecule has 1 aliphatic rings. The first-order valence-electron chi connectivity index (χ1n) is 10.1. The molecule has 0 aliphatic carbocycles. The van der Waals surface area contributed by atoms with Crippen LogP contribution in [-0.4, -0.2) is 58.3 Å². The third kappa shape index (κ3) is 6.93. The minimum atomic E-state index is -3.65. The van der Waals surface area contributed by atoms with E-state index in [0.717, 1.165) is 54.5 Å². The van der Waals surface area contributed by atoms with Gasteiger partial charge in [0.05, 0.1) is 25.2 Å². The summed E-state index contributed by atoms with van der Waals surface area (Å²) in [6.45, 7) is 6.06. The summed E-state index contributed by atoms with van der Waals surface area (Å²) in [6.07, 6.45) is 1.08. The lowest BCUT2D eigenvalue weighted by Gasteiger charge is -2.26. The SMILES string of the molecule is Cc1ccc(Cl)cc1N(CC(=O)NCc1ccc(CN2CCOCC2)cc1)S(C)(=O)=O. The van der Waals surface area contributed by atoms with E-state index in [2.05, 4.69) is 22.3 Å². The summed E-state index contributed by atoms with van der Waals surface area (Å²) < 4.78 is 31.0. The highest BCUT2D eigenvalue weighted by molar-refractivity contribution is 7.92. The minimum Gasteiger partial charge on any atom is -0.379 e. The Balaban J connectivity index is 1.58. The zero-order valence-corrected chi connectivity index (χ0v) is 19.4. The van der Waals surface area contributed by atoms with Crippen LogP contribution >= 0.6 is 11.6 Å². The van der Waals surface area contributed by atoms with Gasteiger partial charge >= 0.3 is 0 Å². The fraction of sp³-hybridized carbons (Fsp3) is 0.409. The summed E-state index contributed by atoms with van der Waals surface area (Å²) in [4.78, 5) is 14.8. The van der Waals surface area contributed by atoms with Crippen LogP contribution in [0.4, 0.5) is 5.69 Å². The van der Waals surface area contributed by atoms with E-state index in [-0.39, 0.29) is 12.5 Å². The van der Waals surface area contributed by atoms with Gasteiger partial charge in [-0.2, -0.15) is 0 Å². The van der Waals surface area contributed by atoms with Crippen molar-refractivity contribution < 1.29 is 17.9 Å². The number of amides is 1. The molecule has 0 saturated carbocycles. The van der Waals surface area contributed by atoms with Gasteiger partial charge in [-0.3, -0.25) is 14.0 Å². The van der Waals surface area contributed by atoms with Gasteiger partial charge in [-0.1, -0.05) is 41.9 Å². The van der Waals surface area contributed by atoms with Crippen LogP contribution in [0.5, 0.6) is 0 Å². The maximum Gasteiger partial charge on any atom is 0.241 e. The van der Waals surface area contributed by atoms with Crippen molar-refractivity contribution in [3.05, 3.63) is 64.2 Å². The van der Waals surface area contributed by atoms with E-state index in [1.54, 1.807) is 25.1 Å². The molecule has 168 valence electrons. The number of rotatable bonds is 8. The minimum absolute atomic E-state index is 0.310. The third-order valence-corrected chi connectivity index (χ3v) is 6.51. The third-order valence-electron chi connectivity index (χ3n) is 5.15. The van der Waals surface area contributed by atoms with E-state index in [9.17, 15) is 13.2 Å². The van der Waals surface area contributed by atoms with E-state index in [1.165, 1.54) is 5.56 Å². The fourth-order valence-electron chi connectivity index (χ4n) is 3.40. The first kappa shape index (κ1) is 23.5. The van der Waals surface area contributed by atoms with Crippen molar-refractivity contribution in [1.82, 2.24) is 10.2 Å². The standard InChI is InChI=1S/C22H28ClN3O4S/c1-17-3-8-20(23)13-21(17)26(31(2,28)29)16-22(27)24-14-18-4-6-19(7-5-18)15-25-9-11-30-12-10-25/h3-8,13H,9-12,14-16H2,1-2H3,(H,24,27). The molecule has 7 nitrogen and oxygen atoms in total. The normalized spacial score (nSPS) is 14.9. The summed E-state index contributed by atoms with van der Waals surface area (Å²) in [5.41, 5.74) is 3.27. The Bertz CT molecular complexity index is 1010. The van der Waals surface area contributed by atoms with Gasteiger partial charge in [0.1, 0.15) is 6.54 Å². The van der Waals surface area contributed by atoms with Gasteiger partial charge in [0.2, 0.25) is 15.9 Å². The van der Waals surface area contributed by atoms with Crippen molar-refractivity contribution in [2.45, 2.75) is 20.0 Å². The average Bonchev–Trinajstić information content (AvgIpc) is 2.73. The zero-order valence-electron chi connectivity index (χ0n) is 17.8. The molecule has 0 radical (unpaired) electrons. The maximum absolute atomic E-state index is 12.5. The van der Waals surface area contributed by atoms with Crippen LogP contribution in [0, 0.1) is 6.92 Å². The maximum atomic E-state index is 12.5. The summed E-state index contributed by atoms with van der Waals surface area (Å²) >= 11 is 6.03. The van der Waals surface area contributed by atoms with Crippen molar-refractivity contribution >= 4 is 33.2 Å². The zero-order chi connectivity index (χ0) is 22.4. The van der Waals surface area contributed by atoms with E-state index < -0.39 is 10.0 Å². The number of carbonyl (C=O) groups is 1. The predicted octanol–water partition coefficient (Wildman–Crippen LogP) is 2.56. The molecule has 3 rings (SSSR count). The molecule has 1 N–H and O–H groups in total. The van der Waals surface area contributed by atoms with Gasteiger partial charge in [-0.05, 0) is 35.7 Å². The van der Waals surface area contributed by atoms with Gasteiger partial charge in [0.25, 0.3) is 0 Å². The summed E-state index contributed by atoms with van der Waals surface area (Å²) in [5.74, 6) is -0.387. The lowest BCUT2D eigenvalue weighted by Crippen LogP contribution is -2.40. The van der Waals surface area contributed by atoms with Crippen molar-refractivity contribution in [3.63, 3.8) is 0 Å². The number of benzene rings is 2. The van der Waals surface area contributed by atoms with Crippen LogP contribution in [0.2, 0.25) is 5.02 Å². The Hall–Kier alpha value is -2.13. The van der Waals surface area contributed by atoms with Crippen molar-refractivity contribution in [2.24, 2.45) is 0 Å². The Labute approximate surface area is 189 Å². The van der Waals surface area contributed by atoms with Gasteiger partial charge in [0.15, 0.2) is 0 Å². The number of nitrogens with zero attached hydrogens (tertiary/aromatic N) is 2. The Morgan fingerprint density at radius 3 is 2.42 bits per heavy atom. The molecule has 0 bridgehead atoms. The highest BCUT2D eigenvalue weighted by atomic mass is 35.5. The van der Waals surface area contributed by atoms with Gasteiger partial charge < -0.3 is 10.1 Å². The number of hydrogen-bond acceptors (Lipinski definition) is 5. The van der Waals surface area contributed by atoms with Crippen LogP contribution in [-0.2, 0) is 32.6 Å². The highest BCUT2D eigenvalue weighted by Gasteiger charge is 2.22. The summed E-state index contributed by atoms with van der Waals surface area (Å²) in [5, 5.41) is 3.21. The van der Waals surface area contributed by atoms with Crippen LogP contribution < -0.4 is 9.62 Å².